The zero-order valence-electron chi connectivity index (χ0n) is 13.1. The second-order valence-electron chi connectivity index (χ2n) is 5.38. The van der Waals surface area contributed by atoms with Gasteiger partial charge in [0.15, 0.2) is 11.6 Å². The van der Waals surface area contributed by atoms with E-state index in [2.05, 4.69) is 20.2 Å². The Kier molecular flexibility index (Phi) is 4.26. The Morgan fingerprint density at radius 1 is 0.846 bits per heavy atom. The molecule has 0 atom stereocenters. The van der Waals surface area contributed by atoms with Crippen LogP contribution in [-0.2, 0) is 6.18 Å². The van der Waals surface area contributed by atoms with E-state index in [1.807, 2.05) is 0 Å². The van der Waals surface area contributed by atoms with Crippen LogP contribution in [0.15, 0.2) is 30.3 Å². The Morgan fingerprint density at radius 3 is 2.23 bits per heavy atom. The van der Waals surface area contributed by atoms with Crippen LogP contribution < -0.4 is 5.73 Å². The molecule has 0 spiro atoms. The third-order valence-corrected chi connectivity index (χ3v) is 3.41. The lowest BCUT2D eigenvalue weighted by Gasteiger charge is -2.12. The van der Waals surface area contributed by atoms with Gasteiger partial charge in [-0.25, -0.2) is 18.7 Å². The lowest BCUT2D eigenvalue weighted by Crippen LogP contribution is -2.10. The van der Waals surface area contributed by atoms with Gasteiger partial charge in [-0.3, -0.25) is 0 Å². The Hall–Kier alpha value is -3.17. The van der Waals surface area contributed by atoms with Gasteiger partial charge in [0.05, 0.1) is 0 Å². The van der Waals surface area contributed by atoms with Gasteiger partial charge in [-0.15, -0.1) is 10.2 Å². The first-order valence-corrected chi connectivity index (χ1v) is 7.17. The number of anilines is 1. The molecule has 0 aliphatic carbocycles. The molecule has 5 nitrogen and oxygen atoms in total. The molecule has 0 saturated carbocycles. The van der Waals surface area contributed by atoms with Crippen molar-refractivity contribution in [1.29, 1.82) is 0 Å². The Bertz CT molecular complexity index is 987. The summed E-state index contributed by atoms with van der Waals surface area (Å²) in [7, 11) is 0. The average Bonchev–Trinajstić information content (AvgIpc) is 2.56. The number of nitrogens with two attached hydrogens (primary N) is 1. The molecule has 0 amide bonds. The van der Waals surface area contributed by atoms with Crippen molar-refractivity contribution in [2.75, 3.05) is 5.73 Å². The highest BCUT2D eigenvalue weighted by atomic mass is 19.4. The number of alkyl halides is 3. The van der Waals surface area contributed by atoms with E-state index in [4.69, 9.17) is 5.73 Å². The molecule has 2 heterocycles. The molecule has 0 saturated heterocycles. The molecule has 3 aromatic rings. The molecular weight excluding hydrogens is 357 g/mol. The molecule has 134 valence electrons. The van der Waals surface area contributed by atoms with Crippen molar-refractivity contribution >= 4 is 5.95 Å². The summed E-state index contributed by atoms with van der Waals surface area (Å²) in [6.07, 6.45) is -4.67. The van der Waals surface area contributed by atoms with Gasteiger partial charge < -0.3 is 5.73 Å². The number of hydrogen-bond donors (Lipinski definition) is 1. The minimum Gasteiger partial charge on any atom is -0.366 e. The number of nitrogens with zero attached hydrogens (tertiary/aromatic N) is 4. The summed E-state index contributed by atoms with van der Waals surface area (Å²) in [6, 6.07) is 5.05. The fourth-order valence-corrected chi connectivity index (χ4v) is 2.33. The first-order valence-electron chi connectivity index (χ1n) is 7.17. The maximum absolute atomic E-state index is 13.6. The first-order chi connectivity index (χ1) is 12.1. The van der Waals surface area contributed by atoms with Crippen molar-refractivity contribution in [3.63, 3.8) is 0 Å². The third-order valence-electron chi connectivity index (χ3n) is 3.41. The van der Waals surface area contributed by atoms with Crippen molar-refractivity contribution in [1.82, 2.24) is 20.2 Å². The Morgan fingerprint density at radius 2 is 1.58 bits per heavy atom. The average molecular weight is 367 g/mol. The summed E-state index contributed by atoms with van der Waals surface area (Å²) in [5.74, 6) is -2.49. The maximum Gasteiger partial charge on any atom is 0.433 e. The quantitative estimate of drug-likeness (QED) is 0.698. The number of nitrogen functional groups attached to an aromatic ring is 1. The maximum atomic E-state index is 13.6. The normalized spacial score (nSPS) is 11.6. The SMILES string of the molecule is Cc1cc(-c2nnc(N)nc2-c2ccc(F)c(F)c2)cc(C(F)(F)F)n1. The van der Waals surface area contributed by atoms with Crippen LogP contribution in [-0.4, -0.2) is 20.2 Å². The van der Waals surface area contributed by atoms with Gasteiger partial charge in [0, 0.05) is 16.8 Å². The minimum absolute atomic E-state index is 0.0181. The second-order valence-corrected chi connectivity index (χ2v) is 5.38. The molecular formula is C16H10F5N5. The predicted molar refractivity (Wildman–Crippen MR) is 82.6 cm³/mol. The first kappa shape index (κ1) is 17.6. The number of pyridine rings is 1. The van der Waals surface area contributed by atoms with Gasteiger partial charge in [0.25, 0.3) is 0 Å². The number of halogens is 5. The van der Waals surface area contributed by atoms with Crippen molar-refractivity contribution < 1.29 is 22.0 Å². The predicted octanol–water partition coefficient (Wildman–Crippen LogP) is 3.79. The highest BCUT2D eigenvalue weighted by molar-refractivity contribution is 5.78. The van der Waals surface area contributed by atoms with E-state index in [1.165, 1.54) is 19.1 Å². The molecule has 0 unspecified atom stereocenters. The fourth-order valence-electron chi connectivity index (χ4n) is 2.33. The Labute approximate surface area is 143 Å². The molecule has 2 N–H and O–H groups in total. The summed E-state index contributed by atoms with van der Waals surface area (Å²) in [4.78, 5) is 7.37. The van der Waals surface area contributed by atoms with Crippen LogP contribution in [0, 0.1) is 18.6 Å². The van der Waals surface area contributed by atoms with Gasteiger partial charge in [0.2, 0.25) is 5.95 Å². The van der Waals surface area contributed by atoms with E-state index in [9.17, 15) is 22.0 Å². The summed E-state index contributed by atoms with van der Waals surface area (Å²) in [5, 5.41) is 7.34. The topological polar surface area (TPSA) is 77.6 Å². The summed E-state index contributed by atoms with van der Waals surface area (Å²) < 4.78 is 65.8. The van der Waals surface area contributed by atoms with E-state index in [0.717, 1.165) is 18.2 Å². The van der Waals surface area contributed by atoms with Crippen LogP contribution in [0.2, 0.25) is 0 Å². The largest absolute Gasteiger partial charge is 0.433 e. The highest BCUT2D eigenvalue weighted by Crippen LogP contribution is 2.34. The molecule has 3 rings (SSSR count). The lowest BCUT2D eigenvalue weighted by molar-refractivity contribution is -0.141. The smallest absolute Gasteiger partial charge is 0.366 e. The molecule has 2 aromatic heterocycles. The fraction of sp³-hybridized carbons (Fsp3) is 0.125. The van der Waals surface area contributed by atoms with Crippen LogP contribution in [0.1, 0.15) is 11.4 Å². The molecule has 10 heteroatoms. The minimum atomic E-state index is -4.67. The number of aromatic nitrogens is 4. The zero-order valence-corrected chi connectivity index (χ0v) is 13.1. The molecule has 0 bridgehead atoms. The molecule has 1 aromatic carbocycles. The Balaban J connectivity index is 2.24. The van der Waals surface area contributed by atoms with E-state index >= 15 is 0 Å². The molecule has 0 fully saturated rings. The van der Waals surface area contributed by atoms with Gasteiger partial charge in [-0.2, -0.15) is 13.2 Å². The van der Waals surface area contributed by atoms with Crippen molar-refractivity contribution in [2.24, 2.45) is 0 Å². The van der Waals surface area contributed by atoms with Crippen molar-refractivity contribution in [3.8, 4) is 22.5 Å². The van der Waals surface area contributed by atoms with Gasteiger partial charge in [-0.1, -0.05) is 0 Å². The number of aryl methyl sites for hydroxylation is 1. The van der Waals surface area contributed by atoms with E-state index in [0.29, 0.717) is 0 Å². The molecule has 0 aliphatic rings. The number of hydrogen-bond acceptors (Lipinski definition) is 5. The number of benzene rings is 1. The summed E-state index contributed by atoms with van der Waals surface area (Å²) >= 11 is 0. The van der Waals surface area contributed by atoms with E-state index in [-0.39, 0.29) is 34.2 Å². The standard InChI is InChI=1S/C16H10F5N5/c1-7-4-9(6-12(23-7)16(19,20)21)14-13(24-15(22)26-25-14)8-2-3-10(17)11(18)5-8/h2-6H,1H3,(H2,22,24,26). The van der Waals surface area contributed by atoms with Crippen LogP contribution in [0.3, 0.4) is 0 Å². The summed E-state index contributed by atoms with van der Waals surface area (Å²) in [5.41, 5.74) is 4.46. The lowest BCUT2D eigenvalue weighted by atomic mass is 10.0. The zero-order chi connectivity index (χ0) is 19.1. The van der Waals surface area contributed by atoms with Crippen LogP contribution in [0.4, 0.5) is 27.9 Å². The van der Waals surface area contributed by atoms with Crippen LogP contribution in [0.5, 0.6) is 0 Å². The highest BCUT2D eigenvalue weighted by Gasteiger charge is 2.33. The molecule has 26 heavy (non-hydrogen) atoms. The van der Waals surface area contributed by atoms with Gasteiger partial charge in [-0.05, 0) is 37.3 Å². The molecule has 0 radical (unpaired) electrons. The second kappa shape index (κ2) is 6.28. The third kappa shape index (κ3) is 3.44. The monoisotopic (exact) mass is 367 g/mol. The van der Waals surface area contributed by atoms with Crippen molar-refractivity contribution in [2.45, 2.75) is 13.1 Å². The van der Waals surface area contributed by atoms with Gasteiger partial charge >= 0.3 is 6.18 Å². The van der Waals surface area contributed by atoms with E-state index in [1.54, 1.807) is 0 Å². The van der Waals surface area contributed by atoms with Crippen molar-refractivity contribution in [3.05, 3.63) is 53.4 Å². The number of rotatable bonds is 2. The van der Waals surface area contributed by atoms with Gasteiger partial charge in [0.1, 0.15) is 17.1 Å². The van der Waals surface area contributed by atoms with Crippen LogP contribution >= 0.6 is 0 Å². The summed E-state index contributed by atoms with van der Waals surface area (Å²) in [6.45, 7) is 1.38. The van der Waals surface area contributed by atoms with E-state index < -0.39 is 23.5 Å². The molecule has 0 aliphatic heterocycles. The van der Waals surface area contributed by atoms with Crippen LogP contribution in [0.25, 0.3) is 22.5 Å².